The Morgan fingerprint density at radius 3 is 2.52 bits per heavy atom. The van der Waals surface area contributed by atoms with Crippen LogP contribution in [-0.2, 0) is 11.4 Å². The fourth-order valence-corrected chi connectivity index (χ4v) is 2.72. The Balaban J connectivity index is 1.64. The second-order valence-corrected chi connectivity index (χ2v) is 6.45. The summed E-state index contributed by atoms with van der Waals surface area (Å²) < 4.78 is 24.2. The van der Waals surface area contributed by atoms with Crippen LogP contribution in [0.1, 0.15) is 16.7 Å². The lowest BCUT2D eigenvalue weighted by Crippen LogP contribution is -2.07. The van der Waals surface area contributed by atoms with Crippen molar-refractivity contribution in [3.05, 3.63) is 95.3 Å². The average Bonchev–Trinajstić information content (AvgIpc) is 2.73. The second-order valence-electron chi connectivity index (χ2n) is 6.45. The molecule has 0 atom stereocenters. The van der Waals surface area contributed by atoms with Gasteiger partial charge in [0.2, 0.25) is 5.91 Å². The van der Waals surface area contributed by atoms with E-state index in [0.717, 1.165) is 16.7 Å². The third kappa shape index (κ3) is 5.69. The van der Waals surface area contributed by atoms with E-state index >= 15 is 0 Å². The first kappa shape index (κ1) is 20.1. The minimum Gasteiger partial charge on any atom is -0.493 e. The van der Waals surface area contributed by atoms with Gasteiger partial charge < -0.3 is 14.8 Å². The van der Waals surface area contributed by atoms with E-state index in [-0.39, 0.29) is 11.7 Å². The van der Waals surface area contributed by atoms with Gasteiger partial charge in [-0.05, 0) is 66.1 Å². The van der Waals surface area contributed by atoms with Gasteiger partial charge in [-0.1, -0.05) is 30.3 Å². The Kier molecular flexibility index (Phi) is 6.63. The molecule has 0 saturated carbocycles. The minimum absolute atomic E-state index is 0.310. The quantitative estimate of drug-likeness (QED) is 0.551. The van der Waals surface area contributed by atoms with Crippen molar-refractivity contribution in [1.82, 2.24) is 0 Å². The first-order valence-electron chi connectivity index (χ1n) is 9.15. The Bertz CT molecular complexity index is 1010. The highest BCUT2D eigenvalue weighted by molar-refractivity contribution is 6.01. The van der Waals surface area contributed by atoms with E-state index in [1.54, 1.807) is 19.3 Å². The molecule has 0 heterocycles. The van der Waals surface area contributed by atoms with Crippen molar-refractivity contribution in [2.45, 2.75) is 13.5 Å². The average molecular weight is 391 g/mol. The molecule has 0 saturated heterocycles. The number of ether oxygens (including phenoxy) is 2. The summed E-state index contributed by atoms with van der Waals surface area (Å²) in [6.45, 7) is 2.49. The molecule has 148 valence electrons. The van der Waals surface area contributed by atoms with E-state index < -0.39 is 0 Å². The van der Waals surface area contributed by atoms with Crippen molar-refractivity contribution in [1.29, 1.82) is 0 Å². The topological polar surface area (TPSA) is 47.6 Å². The summed E-state index contributed by atoms with van der Waals surface area (Å²) in [5.41, 5.74) is 3.59. The van der Waals surface area contributed by atoms with Gasteiger partial charge in [0.05, 0.1) is 7.11 Å². The summed E-state index contributed by atoms with van der Waals surface area (Å²) in [6, 6.07) is 19.1. The van der Waals surface area contributed by atoms with Crippen molar-refractivity contribution in [2.75, 3.05) is 12.4 Å². The highest BCUT2D eigenvalue weighted by atomic mass is 19.1. The molecule has 5 heteroatoms. The summed E-state index contributed by atoms with van der Waals surface area (Å²) in [7, 11) is 1.57. The van der Waals surface area contributed by atoms with Crippen molar-refractivity contribution >= 4 is 17.7 Å². The molecular weight excluding hydrogens is 369 g/mol. The van der Waals surface area contributed by atoms with E-state index in [1.165, 1.54) is 30.3 Å². The Labute approximate surface area is 169 Å². The molecule has 29 heavy (non-hydrogen) atoms. The maximum atomic E-state index is 12.9. The zero-order valence-corrected chi connectivity index (χ0v) is 16.3. The van der Waals surface area contributed by atoms with Crippen molar-refractivity contribution in [3.8, 4) is 11.5 Å². The van der Waals surface area contributed by atoms with Crippen LogP contribution in [-0.4, -0.2) is 13.0 Å². The molecule has 0 aliphatic rings. The number of anilines is 1. The van der Waals surface area contributed by atoms with Gasteiger partial charge >= 0.3 is 0 Å². The largest absolute Gasteiger partial charge is 0.493 e. The highest BCUT2D eigenvalue weighted by Crippen LogP contribution is 2.29. The number of methoxy groups -OCH3 is 1. The molecule has 3 aromatic rings. The van der Waals surface area contributed by atoms with Gasteiger partial charge in [0.25, 0.3) is 0 Å². The van der Waals surface area contributed by atoms with Crippen LogP contribution in [0.3, 0.4) is 0 Å². The fourth-order valence-electron chi connectivity index (χ4n) is 2.72. The third-order valence-electron chi connectivity index (χ3n) is 4.37. The lowest BCUT2D eigenvalue weighted by molar-refractivity contribution is -0.111. The van der Waals surface area contributed by atoms with Gasteiger partial charge in [-0.2, -0.15) is 0 Å². The fraction of sp³-hybridized carbons (Fsp3) is 0.125. The molecule has 3 aromatic carbocycles. The van der Waals surface area contributed by atoms with E-state index in [4.69, 9.17) is 9.47 Å². The molecule has 0 aliphatic carbocycles. The Hall–Kier alpha value is -3.60. The molecule has 0 fully saturated rings. The number of benzene rings is 3. The first-order valence-corrected chi connectivity index (χ1v) is 9.15. The van der Waals surface area contributed by atoms with Gasteiger partial charge in [0.15, 0.2) is 11.5 Å². The predicted molar refractivity (Wildman–Crippen MR) is 113 cm³/mol. The summed E-state index contributed by atoms with van der Waals surface area (Å²) in [5.74, 6) is 0.550. The molecule has 0 unspecified atom stereocenters. The summed E-state index contributed by atoms with van der Waals surface area (Å²) >= 11 is 0. The van der Waals surface area contributed by atoms with Crippen LogP contribution < -0.4 is 14.8 Å². The van der Waals surface area contributed by atoms with Gasteiger partial charge in [0, 0.05) is 11.8 Å². The van der Waals surface area contributed by atoms with Crippen LogP contribution in [0.2, 0.25) is 0 Å². The first-order chi connectivity index (χ1) is 14.0. The molecule has 0 bridgehead atoms. The zero-order chi connectivity index (χ0) is 20.6. The van der Waals surface area contributed by atoms with E-state index in [0.29, 0.717) is 23.8 Å². The van der Waals surface area contributed by atoms with Crippen LogP contribution in [0.15, 0.2) is 72.8 Å². The molecule has 0 radical (unpaired) electrons. The number of aryl methyl sites for hydroxylation is 1. The van der Waals surface area contributed by atoms with Gasteiger partial charge in [-0.25, -0.2) is 4.39 Å². The van der Waals surface area contributed by atoms with E-state index in [1.807, 2.05) is 43.3 Å². The van der Waals surface area contributed by atoms with E-state index in [2.05, 4.69) is 5.32 Å². The van der Waals surface area contributed by atoms with Crippen LogP contribution in [0.25, 0.3) is 6.08 Å². The minimum atomic E-state index is -0.352. The molecule has 3 rings (SSSR count). The summed E-state index contributed by atoms with van der Waals surface area (Å²) in [5, 5.41) is 2.67. The Morgan fingerprint density at radius 2 is 1.79 bits per heavy atom. The van der Waals surface area contributed by atoms with Gasteiger partial charge in [-0.3, -0.25) is 4.79 Å². The number of hydrogen-bond donors (Lipinski definition) is 1. The molecule has 1 N–H and O–H groups in total. The lowest BCUT2D eigenvalue weighted by atomic mass is 10.1. The summed E-state index contributed by atoms with van der Waals surface area (Å²) in [6.07, 6.45) is 3.08. The second kappa shape index (κ2) is 9.55. The van der Waals surface area contributed by atoms with Gasteiger partial charge in [0.1, 0.15) is 12.4 Å². The number of carbonyl (C=O) groups is 1. The maximum absolute atomic E-state index is 12.9. The summed E-state index contributed by atoms with van der Waals surface area (Å²) in [4.78, 5) is 12.0. The van der Waals surface area contributed by atoms with E-state index in [9.17, 15) is 9.18 Å². The van der Waals surface area contributed by atoms with Crippen LogP contribution in [0, 0.1) is 12.7 Å². The standard InChI is InChI=1S/C24H22FNO3/c1-17-5-3-4-6-19(17)16-29-22-13-7-18(15-23(22)28-2)8-14-24(27)26-21-11-9-20(25)10-12-21/h3-15H,16H2,1-2H3,(H,26,27)/b14-8+. The van der Waals surface area contributed by atoms with Crippen molar-refractivity contribution in [2.24, 2.45) is 0 Å². The zero-order valence-electron chi connectivity index (χ0n) is 16.3. The van der Waals surface area contributed by atoms with Crippen molar-refractivity contribution in [3.63, 3.8) is 0 Å². The molecular formula is C24H22FNO3. The third-order valence-corrected chi connectivity index (χ3v) is 4.37. The molecule has 0 aliphatic heterocycles. The van der Waals surface area contributed by atoms with Crippen LogP contribution in [0.5, 0.6) is 11.5 Å². The normalized spacial score (nSPS) is 10.7. The lowest BCUT2D eigenvalue weighted by Gasteiger charge is -2.12. The highest BCUT2D eigenvalue weighted by Gasteiger charge is 2.07. The number of rotatable bonds is 7. The number of carbonyl (C=O) groups excluding carboxylic acids is 1. The smallest absolute Gasteiger partial charge is 0.248 e. The monoisotopic (exact) mass is 391 g/mol. The molecule has 0 spiro atoms. The number of halogens is 1. The van der Waals surface area contributed by atoms with Gasteiger partial charge in [-0.15, -0.1) is 0 Å². The number of nitrogens with one attached hydrogen (secondary N) is 1. The maximum Gasteiger partial charge on any atom is 0.248 e. The molecule has 4 nitrogen and oxygen atoms in total. The number of amides is 1. The van der Waals surface area contributed by atoms with Crippen LogP contribution >= 0.6 is 0 Å². The predicted octanol–water partition coefficient (Wildman–Crippen LogP) is 5.37. The molecule has 0 aromatic heterocycles. The number of hydrogen-bond acceptors (Lipinski definition) is 3. The Morgan fingerprint density at radius 1 is 1.03 bits per heavy atom. The SMILES string of the molecule is COc1cc(/C=C/C(=O)Nc2ccc(F)cc2)ccc1OCc1ccccc1C. The molecule has 1 amide bonds. The van der Waals surface area contributed by atoms with Crippen LogP contribution in [0.4, 0.5) is 10.1 Å². The van der Waals surface area contributed by atoms with Crippen molar-refractivity contribution < 1.29 is 18.7 Å².